The van der Waals surface area contributed by atoms with Gasteiger partial charge in [0.15, 0.2) is 0 Å². The van der Waals surface area contributed by atoms with Gasteiger partial charge in [-0.1, -0.05) is 12.5 Å². The van der Waals surface area contributed by atoms with Gasteiger partial charge in [0.1, 0.15) is 11.3 Å². The van der Waals surface area contributed by atoms with E-state index in [1.165, 1.54) is 22.3 Å². The number of aryl methyl sites for hydroxylation is 1. The Bertz CT molecular complexity index is 995. The minimum absolute atomic E-state index is 0.302. The van der Waals surface area contributed by atoms with Crippen LogP contribution in [0.15, 0.2) is 30.6 Å². The van der Waals surface area contributed by atoms with Crippen LogP contribution in [0.2, 0.25) is 0 Å². The minimum Gasteiger partial charge on any atom is -0.365 e. The van der Waals surface area contributed by atoms with Crippen LogP contribution < -0.4 is 11.1 Å². The maximum Gasteiger partial charge on any atom is 0.256 e. The number of hydrogen-bond donors (Lipinski definition) is 2. The lowest BCUT2D eigenvalue weighted by Gasteiger charge is -2.07. The molecule has 0 atom stereocenters. The van der Waals surface area contributed by atoms with E-state index in [1.807, 2.05) is 0 Å². The minimum atomic E-state index is -0.493. The number of aromatic nitrogens is 4. The summed E-state index contributed by atoms with van der Waals surface area (Å²) in [4.78, 5) is 26.0. The fourth-order valence-corrected chi connectivity index (χ4v) is 4.63. The summed E-state index contributed by atoms with van der Waals surface area (Å²) in [5.74, 6) is -0.795. The van der Waals surface area contributed by atoms with Crippen LogP contribution in [0.25, 0.3) is 5.69 Å². The van der Waals surface area contributed by atoms with E-state index in [2.05, 4.69) is 20.8 Å². The van der Waals surface area contributed by atoms with E-state index in [0.29, 0.717) is 21.8 Å². The fourth-order valence-electron chi connectivity index (χ4n) is 3.34. The third-order valence-corrected chi connectivity index (χ3v) is 5.82. The summed E-state index contributed by atoms with van der Waals surface area (Å²) >= 11 is 1.46. The number of anilines is 1. The molecule has 2 heterocycles. The number of hydrogen-bond acceptors (Lipinski definition) is 6. The Morgan fingerprint density at radius 3 is 2.81 bits per heavy atom. The molecular formula is C18H18N6O2S. The summed E-state index contributed by atoms with van der Waals surface area (Å²) in [5.41, 5.74) is 8.21. The molecule has 0 saturated heterocycles. The average molecular weight is 382 g/mol. The molecule has 27 heavy (non-hydrogen) atoms. The maximum absolute atomic E-state index is 12.8. The molecule has 1 aliphatic rings. The molecule has 0 fully saturated rings. The molecular weight excluding hydrogens is 364 g/mol. The summed E-state index contributed by atoms with van der Waals surface area (Å²) in [6.07, 6.45) is 6.47. The van der Waals surface area contributed by atoms with Gasteiger partial charge < -0.3 is 11.1 Å². The number of tetrazole rings is 1. The van der Waals surface area contributed by atoms with Crippen molar-refractivity contribution in [1.29, 1.82) is 0 Å². The van der Waals surface area contributed by atoms with Crippen molar-refractivity contribution < 1.29 is 9.59 Å². The molecule has 3 N–H and O–H groups in total. The second-order valence-electron chi connectivity index (χ2n) is 6.39. The number of primary amides is 1. The van der Waals surface area contributed by atoms with Crippen molar-refractivity contribution in [3.63, 3.8) is 0 Å². The molecule has 2 amide bonds. The number of nitrogens with two attached hydrogens (primary N) is 1. The maximum atomic E-state index is 12.8. The highest BCUT2D eigenvalue weighted by Gasteiger charge is 2.24. The molecule has 0 spiro atoms. The zero-order valence-corrected chi connectivity index (χ0v) is 15.3. The Balaban J connectivity index is 1.64. The molecule has 0 aliphatic heterocycles. The largest absolute Gasteiger partial charge is 0.365 e. The van der Waals surface area contributed by atoms with Crippen molar-refractivity contribution in [2.45, 2.75) is 32.1 Å². The normalized spacial score (nSPS) is 13.6. The monoisotopic (exact) mass is 382 g/mol. The van der Waals surface area contributed by atoms with Gasteiger partial charge in [-0.05, 0) is 59.9 Å². The zero-order valence-electron chi connectivity index (χ0n) is 14.5. The summed E-state index contributed by atoms with van der Waals surface area (Å²) in [5, 5.41) is 14.4. The summed E-state index contributed by atoms with van der Waals surface area (Å²) in [6.45, 7) is 0. The highest BCUT2D eigenvalue weighted by molar-refractivity contribution is 7.17. The number of nitrogens with one attached hydrogen (secondary N) is 1. The van der Waals surface area contributed by atoms with Gasteiger partial charge in [0.05, 0.1) is 11.3 Å². The molecule has 138 valence electrons. The Hall–Kier alpha value is -3.07. The van der Waals surface area contributed by atoms with E-state index >= 15 is 0 Å². The lowest BCUT2D eigenvalue weighted by atomic mass is 10.1. The average Bonchev–Trinajstić information content (AvgIpc) is 3.25. The van der Waals surface area contributed by atoms with Crippen molar-refractivity contribution in [2.75, 3.05) is 5.32 Å². The number of amides is 2. The highest BCUT2D eigenvalue weighted by atomic mass is 32.1. The number of benzene rings is 1. The first kappa shape index (κ1) is 17.3. The first-order valence-corrected chi connectivity index (χ1v) is 9.54. The molecule has 0 saturated carbocycles. The van der Waals surface area contributed by atoms with Gasteiger partial charge in [0.2, 0.25) is 0 Å². The van der Waals surface area contributed by atoms with E-state index in [4.69, 9.17) is 5.73 Å². The van der Waals surface area contributed by atoms with E-state index in [0.717, 1.165) is 42.5 Å². The number of carbonyl (C=O) groups is 2. The van der Waals surface area contributed by atoms with Crippen LogP contribution in [0.4, 0.5) is 5.00 Å². The Kier molecular flexibility index (Phi) is 4.68. The third-order valence-electron chi connectivity index (χ3n) is 4.62. The molecule has 2 aromatic heterocycles. The number of nitrogens with zero attached hydrogens (tertiary/aromatic N) is 4. The van der Waals surface area contributed by atoms with Crippen LogP contribution in [0.5, 0.6) is 0 Å². The summed E-state index contributed by atoms with van der Waals surface area (Å²) in [7, 11) is 0. The lowest BCUT2D eigenvalue weighted by molar-refractivity contribution is 0.100. The SMILES string of the molecule is NC(=O)c1c(NC(=O)c2cccc(-n3cnnn3)c2)sc2c1CCCCC2. The van der Waals surface area contributed by atoms with Gasteiger partial charge in [0.25, 0.3) is 11.8 Å². The van der Waals surface area contributed by atoms with Crippen molar-refractivity contribution in [1.82, 2.24) is 20.2 Å². The zero-order chi connectivity index (χ0) is 18.8. The standard InChI is InChI=1S/C18H18N6O2S/c19-16(25)15-13-7-2-1-3-8-14(13)27-18(15)21-17(26)11-5-4-6-12(9-11)24-10-20-22-23-24/h4-6,9-10H,1-3,7-8H2,(H2,19,25)(H,21,26). The van der Waals surface area contributed by atoms with E-state index in [9.17, 15) is 9.59 Å². The molecule has 0 radical (unpaired) electrons. The topological polar surface area (TPSA) is 116 Å². The predicted molar refractivity (Wildman–Crippen MR) is 101 cm³/mol. The van der Waals surface area contributed by atoms with Crippen molar-refractivity contribution in [2.24, 2.45) is 5.73 Å². The van der Waals surface area contributed by atoms with Gasteiger partial charge in [-0.3, -0.25) is 9.59 Å². The number of thiophene rings is 1. The molecule has 4 rings (SSSR count). The molecule has 9 heteroatoms. The Morgan fingerprint density at radius 1 is 1.19 bits per heavy atom. The quantitative estimate of drug-likeness (QED) is 0.672. The number of fused-ring (bicyclic) bond motifs is 1. The smallest absolute Gasteiger partial charge is 0.256 e. The van der Waals surface area contributed by atoms with Gasteiger partial charge >= 0.3 is 0 Å². The summed E-state index contributed by atoms with van der Waals surface area (Å²) in [6, 6.07) is 6.94. The second kappa shape index (κ2) is 7.28. The van der Waals surface area contributed by atoms with Crippen LogP contribution >= 0.6 is 11.3 Å². The highest BCUT2D eigenvalue weighted by Crippen LogP contribution is 2.37. The van der Waals surface area contributed by atoms with E-state index in [1.54, 1.807) is 24.3 Å². The fraction of sp³-hybridized carbons (Fsp3) is 0.278. The van der Waals surface area contributed by atoms with Crippen molar-refractivity contribution in [3.05, 3.63) is 52.2 Å². The van der Waals surface area contributed by atoms with Crippen molar-refractivity contribution in [3.8, 4) is 5.69 Å². The summed E-state index contributed by atoms with van der Waals surface area (Å²) < 4.78 is 1.47. The molecule has 8 nitrogen and oxygen atoms in total. The van der Waals surface area contributed by atoms with Gasteiger partial charge in [0, 0.05) is 10.4 Å². The van der Waals surface area contributed by atoms with Gasteiger partial charge in [-0.15, -0.1) is 16.4 Å². The molecule has 1 aromatic carbocycles. The molecule has 0 unspecified atom stereocenters. The van der Waals surface area contributed by atoms with Gasteiger partial charge in [-0.25, -0.2) is 4.68 Å². The van der Waals surface area contributed by atoms with Crippen LogP contribution in [-0.4, -0.2) is 32.0 Å². The Labute approximate surface area is 159 Å². The van der Waals surface area contributed by atoms with Crippen LogP contribution in [0, 0.1) is 0 Å². The lowest BCUT2D eigenvalue weighted by Crippen LogP contribution is -2.18. The van der Waals surface area contributed by atoms with E-state index < -0.39 is 5.91 Å². The molecule has 1 aliphatic carbocycles. The predicted octanol–water partition coefficient (Wildman–Crippen LogP) is 2.34. The van der Waals surface area contributed by atoms with Crippen molar-refractivity contribution >= 4 is 28.2 Å². The van der Waals surface area contributed by atoms with Crippen LogP contribution in [-0.2, 0) is 12.8 Å². The van der Waals surface area contributed by atoms with E-state index in [-0.39, 0.29) is 5.91 Å². The van der Waals surface area contributed by atoms with Crippen LogP contribution in [0.3, 0.4) is 0 Å². The molecule has 3 aromatic rings. The number of rotatable bonds is 4. The molecule has 0 bridgehead atoms. The number of carbonyl (C=O) groups excluding carboxylic acids is 2. The second-order valence-corrected chi connectivity index (χ2v) is 7.50. The first-order valence-electron chi connectivity index (χ1n) is 8.72. The third kappa shape index (κ3) is 3.45. The first-order chi connectivity index (χ1) is 13.1. The van der Waals surface area contributed by atoms with Crippen LogP contribution in [0.1, 0.15) is 50.4 Å². The van der Waals surface area contributed by atoms with Gasteiger partial charge in [-0.2, -0.15) is 0 Å². The Morgan fingerprint density at radius 2 is 2.04 bits per heavy atom.